The van der Waals surface area contributed by atoms with Crippen molar-refractivity contribution in [1.29, 1.82) is 0 Å². The van der Waals surface area contributed by atoms with E-state index in [-0.39, 0.29) is 0 Å². The van der Waals surface area contributed by atoms with Gasteiger partial charge in [0.05, 0.1) is 11.4 Å². The Hall–Kier alpha value is -1.70. The van der Waals surface area contributed by atoms with Gasteiger partial charge in [-0.25, -0.2) is 0 Å². The van der Waals surface area contributed by atoms with Crippen molar-refractivity contribution < 1.29 is 0 Å². The first-order valence-electron chi connectivity index (χ1n) is 4.61. The molecule has 0 aliphatic heterocycles. The van der Waals surface area contributed by atoms with Gasteiger partial charge in [-0.05, 0) is 12.2 Å². The highest BCUT2D eigenvalue weighted by Gasteiger charge is 2.02. The summed E-state index contributed by atoms with van der Waals surface area (Å²) in [6, 6.07) is 0. The average Bonchev–Trinajstić information content (AvgIpc) is 2.25. The van der Waals surface area contributed by atoms with Crippen LogP contribution in [0.3, 0.4) is 0 Å². The molecule has 1 rings (SSSR count). The Labute approximate surface area is 85.8 Å². The third-order valence-electron chi connectivity index (χ3n) is 1.34. The molecule has 0 saturated carbocycles. The van der Waals surface area contributed by atoms with E-state index in [0.29, 0.717) is 0 Å². The monoisotopic (exact) mass is 188 g/mol. The van der Waals surface area contributed by atoms with Crippen LogP contribution in [0.4, 0.5) is 0 Å². The summed E-state index contributed by atoms with van der Waals surface area (Å²) in [5.74, 6) is 0. The lowest BCUT2D eigenvalue weighted by Crippen LogP contribution is -2.10. The van der Waals surface area contributed by atoms with Crippen molar-refractivity contribution in [2.75, 3.05) is 0 Å². The van der Waals surface area contributed by atoms with E-state index < -0.39 is 0 Å². The molecule has 14 heavy (non-hydrogen) atoms. The zero-order valence-electron chi connectivity index (χ0n) is 8.77. The number of aliphatic imine (C=N–C) groups is 2. The molecule has 1 aliphatic carbocycles. The summed E-state index contributed by atoms with van der Waals surface area (Å²) >= 11 is 0. The molecule has 2 nitrogen and oxygen atoms in total. The van der Waals surface area contributed by atoms with Gasteiger partial charge in [0.25, 0.3) is 0 Å². The molecular formula is C12H16N2. The van der Waals surface area contributed by atoms with Crippen molar-refractivity contribution in [2.45, 2.75) is 13.8 Å². The maximum atomic E-state index is 4.05. The second-order valence-corrected chi connectivity index (χ2v) is 2.11. The summed E-state index contributed by atoms with van der Waals surface area (Å²) in [5, 5.41) is 0. The molecule has 0 fully saturated rings. The highest BCUT2D eigenvalue weighted by molar-refractivity contribution is 6.51. The minimum atomic E-state index is 0.812. The van der Waals surface area contributed by atoms with Gasteiger partial charge in [0.1, 0.15) is 0 Å². The SMILES string of the molecule is C=CN=C1C=CC=CC1=NC=C.CC. The summed E-state index contributed by atoms with van der Waals surface area (Å²) in [6.07, 6.45) is 10.6. The fourth-order valence-electron chi connectivity index (χ4n) is 0.879. The second-order valence-electron chi connectivity index (χ2n) is 2.11. The molecule has 0 unspecified atom stereocenters. The van der Waals surface area contributed by atoms with Crippen LogP contribution in [0.5, 0.6) is 0 Å². The summed E-state index contributed by atoms with van der Waals surface area (Å²) in [4.78, 5) is 8.10. The van der Waals surface area contributed by atoms with Crippen LogP contribution in [0.1, 0.15) is 13.8 Å². The molecule has 0 amide bonds. The normalized spacial score (nSPS) is 19.0. The van der Waals surface area contributed by atoms with Crippen LogP contribution in [0.25, 0.3) is 0 Å². The molecular weight excluding hydrogens is 172 g/mol. The van der Waals surface area contributed by atoms with Gasteiger partial charge in [-0.1, -0.05) is 39.2 Å². The molecule has 0 aromatic heterocycles. The lowest BCUT2D eigenvalue weighted by molar-refractivity contribution is 1.50. The predicted molar refractivity (Wildman–Crippen MR) is 64.9 cm³/mol. The number of rotatable bonds is 2. The number of nitrogens with zero attached hydrogens (tertiary/aromatic N) is 2. The van der Waals surface area contributed by atoms with Crippen LogP contribution in [-0.2, 0) is 0 Å². The smallest absolute Gasteiger partial charge is 0.0885 e. The maximum absolute atomic E-state index is 4.05. The van der Waals surface area contributed by atoms with Gasteiger partial charge in [-0.2, -0.15) is 0 Å². The fraction of sp³-hybridized carbons (Fsp3) is 0.167. The van der Waals surface area contributed by atoms with E-state index in [1.165, 1.54) is 12.4 Å². The van der Waals surface area contributed by atoms with Crippen molar-refractivity contribution in [2.24, 2.45) is 9.98 Å². The zero-order valence-corrected chi connectivity index (χ0v) is 8.77. The topological polar surface area (TPSA) is 24.7 Å². The van der Waals surface area contributed by atoms with Crippen molar-refractivity contribution in [3.63, 3.8) is 0 Å². The Bertz CT molecular complexity index is 272. The molecule has 0 aromatic carbocycles. The third kappa shape index (κ3) is 3.81. The predicted octanol–water partition coefficient (Wildman–Crippen LogP) is 3.31. The lowest BCUT2D eigenvalue weighted by Gasteiger charge is -2.01. The number of allylic oxidation sites excluding steroid dienone is 4. The summed E-state index contributed by atoms with van der Waals surface area (Å²) in [5.41, 5.74) is 1.62. The van der Waals surface area contributed by atoms with E-state index in [9.17, 15) is 0 Å². The van der Waals surface area contributed by atoms with E-state index in [4.69, 9.17) is 0 Å². The Morgan fingerprint density at radius 1 is 0.929 bits per heavy atom. The van der Waals surface area contributed by atoms with Crippen LogP contribution in [0, 0.1) is 0 Å². The minimum absolute atomic E-state index is 0.812. The summed E-state index contributed by atoms with van der Waals surface area (Å²) in [7, 11) is 0. The molecule has 0 heterocycles. The first kappa shape index (κ1) is 12.3. The van der Waals surface area contributed by atoms with Gasteiger partial charge in [0.2, 0.25) is 0 Å². The van der Waals surface area contributed by atoms with Crippen molar-refractivity contribution in [3.05, 3.63) is 49.9 Å². The molecule has 74 valence electrons. The molecule has 2 heteroatoms. The molecule has 0 saturated heterocycles. The van der Waals surface area contributed by atoms with Crippen LogP contribution in [0.15, 0.2) is 59.8 Å². The van der Waals surface area contributed by atoms with E-state index >= 15 is 0 Å². The molecule has 0 atom stereocenters. The van der Waals surface area contributed by atoms with Crippen molar-refractivity contribution in [3.8, 4) is 0 Å². The van der Waals surface area contributed by atoms with Crippen LogP contribution in [-0.4, -0.2) is 11.4 Å². The third-order valence-corrected chi connectivity index (χ3v) is 1.34. The van der Waals surface area contributed by atoms with E-state index in [1.807, 2.05) is 38.2 Å². The average molecular weight is 188 g/mol. The maximum Gasteiger partial charge on any atom is 0.0885 e. The molecule has 0 aromatic rings. The molecule has 0 spiro atoms. The van der Waals surface area contributed by atoms with E-state index in [1.54, 1.807) is 0 Å². The largest absolute Gasteiger partial charge is 0.255 e. The second kappa shape index (κ2) is 7.92. The quantitative estimate of drug-likeness (QED) is 0.594. The van der Waals surface area contributed by atoms with Crippen LogP contribution >= 0.6 is 0 Å². The first-order valence-corrected chi connectivity index (χ1v) is 4.61. The molecule has 0 N–H and O–H groups in total. The molecule has 1 aliphatic rings. The Kier molecular flexibility index (Phi) is 6.96. The van der Waals surface area contributed by atoms with Crippen molar-refractivity contribution in [1.82, 2.24) is 0 Å². The highest BCUT2D eigenvalue weighted by atomic mass is 14.8. The summed E-state index contributed by atoms with van der Waals surface area (Å²) < 4.78 is 0. The zero-order chi connectivity index (χ0) is 10.8. The van der Waals surface area contributed by atoms with Crippen LogP contribution < -0.4 is 0 Å². The lowest BCUT2D eigenvalue weighted by atomic mass is 10.1. The summed E-state index contributed by atoms with van der Waals surface area (Å²) in [6.45, 7) is 11.0. The molecule has 0 radical (unpaired) electrons. The Morgan fingerprint density at radius 3 is 1.57 bits per heavy atom. The highest BCUT2D eigenvalue weighted by Crippen LogP contribution is 1.99. The fourth-order valence-corrected chi connectivity index (χ4v) is 0.879. The van der Waals surface area contributed by atoms with Gasteiger partial charge in [0.15, 0.2) is 0 Å². The van der Waals surface area contributed by atoms with E-state index in [2.05, 4.69) is 23.1 Å². The number of hydrogen-bond donors (Lipinski definition) is 0. The van der Waals surface area contributed by atoms with Gasteiger partial charge in [-0.3, -0.25) is 9.98 Å². The molecule has 0 bridgehead atoms. The van der Waals surface area contributed by atoms with Gasteiger partial charge in [0, 0.05) is 12.4 Å². The Balaban J connectivity index is 0.000000791. The van der Waals surface area contributed by atoms with Crippen LogP contribution in [0.2, 0.25) is 0 Å². The van der Waals surface area contributed by atoms with Gasteiger partial charge in [-0.15, -0.1) is 0 Å². The first-order chi connectivity index (χ1) is 6.88. The van der Waals surface area contributed by atoms with Crippen molar-refractivity contribution >= 4 is 11.4 Å². The van der Waals surface area contributed by atoms with E-state index in [0.717, 1.165) is 11.4 Å². The standard InChI is InChI=1S/C10H10N2.C2H6/c1-3-11-9-7-5-6-8-10(9)12-4-2;1-2/h3-8H,1-2H2;1-2H3. The Morgan fingerprint density at radius 2 is 1.29 bits per heavy atom. The van der Waals surface area contributed by atoms with Gasteiger partial charge >= 0.3 is 0 Å². The minimum Gasteiger partial charge on any atom is -0.255 e. The number of hydrogen-bond acceptors (Lipinski definition) is 2. The van der Waals surface area contributed by atoms with Gasteiger partial charge < -0.3 is 0 Å².